The second-order valence-corrected chi connectivity index (χ2v) is 10.5. The molecule has 1 aliphatic heterocycles. The maximum atomic E-state index is 13.5. The van der Waals surface area contributed by atoms with Crippen molar-refractivity contribution >= 4 is 62.2 Å². The molecule has 1 heterocycles. The Morgan fingerprint density at radius 1 is 1.20 bits per heavy atom. The highest BCUT2D eigenvalue weighted by Gasteiger charge is 2.42. The minimum atomic E-state index is -0.950. The first-order valence-corrected chi connectivity index (χ1v) is 13.4. The van der Waals surface area contributed by atoms with Crippen molar-refractivity contribution in [1.82, 2.24) is 4.90 Å². The van der Waals surface area contributed by atoms with Gasteiger partial charge in [0, 0.05) is 0 Å². The summed E-state index contributed by atoms with van der Waals surface area (Å²) in [7, 11) is 0. The molecule has 0 bridgehead atoms. The number of benzene rings is 2. The van der Waals surface area contributed by atoms with Gasteiger partial charge in [0.05, 0.1) is 28.7 Å². The first-order chi connectivity index (χ1) is 16.8. The molecule has 0 aromatic heterocycles. The summed E-state index contributed by atoms with van der Waals surface area (Å²) < 4.78 is 18.1. The van der Waals surface area contributed by atoms with E-state index in [0.29, 0.717) is 43.8 Å². The van der Waals surface area contributed by atoms with E-state index >= 15 is 0 Å². The van der Waals surface area contributed by atoms with Gasteiger partial charge < -0.3 is 14.2 Å². The number of halogens is 1. The number of thioether (sulfide) groups is 1. The quantitative estimate of drug-likeness (QED) is 0.180. The van der Waals surface area contributed by atoms with Crippen molar-refractivity contribution in [3.8, 4) is 11.5 Å². The van der Waals surface area contributed by atoms with Crippen LogP contribution in [0.5, 0.6) is 11.5 Å². The smallest absolute Gasteiger partial charge is 0.333 e. The second kappa shape index (κ2) is 12.6. The van der Waals surface area contributed by atoms with Crippen LogP contribution in [0.25, 0.3) is 6.08 Å². The lowest BCUT2D eigenvalue weighted by Crippen LogP contribution is -2.38. The third-order valence-electron chi connectivity index (χ3n) is 4.85. The van der Waals surface area contributed by atoms with Crippen LogP contribution >= 0.6 is 39.9 Å². The third-order valence-corrected chi connectivity index (χ3v) is 6.77. The Morgan fingerprint density at radius 3 is 2.54 bits per heavy atom. The van der Waals surface area contributed by atoms with Crippen molar-refractivity contribution in [2.75, 3.05) is 13.2 Å². The van der Waals surface area contributed by atoms with Crippen molar-refractivity contribution < 1.29 is 23.8 Å². The zero-order chi connectivity index (χ0) is 25.5. The van der Waals surface area contributed by atoms with Gasteiger partial charge >= 0.3 is 5.97 Å². The molecule has 35 heavy (non-hydrogen) atoms. The van der Waals surface area contributed by atoms with Crippen LogP contribution in [0.15, 0.2) is 51.8 Å². The minimum Gasteiger partial charge on any atom is -0.490 e. The molecule has 0 aliphatic carbocycles. The second-order valence-electron chi connectivity index (χ2n) is 7.96. The van der Waals surface area contributed by atoms with Crippen molar-refractivity contribution in [3.05, 3.63) is 63.0 Å². The summed E-state index contributed by atoms with van der Waals surface area (Å²) in [6, 6.07) is 11.8. The predicted octanol–water partition coefficient (Wildman–Crippen LogP) is 6.53. The Balaban J connectivity index is 1.97. The van der Waals surface area contributed by atoms with Gasteiger partial charge in [-0.05, 0) is 72.5 Å². The lowest BCUT2D eigenvalue weighted by Gasteiger charge is -2.25. The maximum Gasteiger partial charge on any atom is 0.333 e. The number of carbonyl (C=O) groups is 2. The number of hydrogen-bond acceptors (Lipinski definition) is 7. The normalized spacial score (nSPS) is 15.6. The van der Waals surface area contributed by atoms with Gasteiger partial charge in [-0.1, -0.05) is 61.2 Å². The van der Waals surface area contributed by atoms with E-state index in [1.54, 1.807) is 18.2 Å². The average Bonchev–Trinajstić information content (AvgIpc) is 3.08. The number of thiocarbonyl (C=S) groups is 1. The molecule has 1 unspecified atom stereocenters. The van der Waals surface area contributed by atoms with Crippen molar-refractivity contribution in [1.29, 1.82) is 0 Å². The Hall–Kier alpha value is -2.36. The summed E-state index contributed by atoms with van der Waals surface area (Å²) in [5.74, 6) is 0.322. The number of esters is 1. The molecule has 9 heteroatoms. The van der Waals surface area contributed by atoms with Gasteiger partial charge in [-0.2, -0.15) is 0 Å². The van der Waals surface area contributed by atoms with Crippen LogP contribution in [0, 0.1) is 0 Å². The van der Waals surface area contributed by atoms with E-state index in [9.17, 15) is 9.59 Å². The topological polar surface area (TPSA) is 65.1 Å². The Bertz CT molecular complexity index is 1120. The maximum absolute atomic E-state index is 13.5. The number of carbonyl (C=O) groups excluding carboxylic acids is 2. The molecule has 186 valence electrons. The molecule has 1 fully saturated rings. The summed E-state index contributed by atoms with van der Waals surface area (Å²) in [6.45, 7) is 8.43. The van der Waals surface area contributed by atoms with Gasteiger partial charge in [-0.25, -0.2) is 4.79 Å². The molecule has 0 saturated carbocycles. The molecular weight excluding hydrogens is 550 g/mol. The van der Waals surface area contributed by atoms with E-state index < -0.39 is 12.0 Å². The van der Waals surface area contributed by atoms with Crippen molar-refractivity contribution in [2.45, 2.75) is 46.3 Å². The van der Waals surface area contributed by atoms with E-state index in [1.165, 1.54) is 4.90 Å². The molecule has 6 nitrogen and oxygen atoms in total. The molecule has 2 aromatic rings. The Kier molecular flexibility index (Phi) is 9.77. The standard InChI is InChI=1S/C26H28BrNO5S2/c1-5-12-32-25(30)22(18-10-8-7-9-11-18)28-24(29)21(35-26(28)34)15-17-13-19(27)23(33-16(3)4)20(14-17)31-6-2/h7-11,13-16,22H,5-6,12H2,1-4H3/b21-15-. The van der Waals surface area contributed by atoms with Crippen LogP contribution in [0.3, 0.4) is 0 Å². The monoisotopic (exact) mass is 577 g/mol. The van der Waals surface area contributed by atoms with E-state index in [0.717, 1.165) is 17.3 Å². The molecule has 1 saturated heterocycles. The SMILES string of the molecule is CCCOC(=O)C(c1ccccc1)N1C(=O)/C(=C/c2cc(Br)c(OC(C)C)c(OCC)c2)SC1=S. The van der Waals surface area contributed by atoms with Gasteiger partial charge in [-0.15, -0.1) is 0 Å². The number of ether oxygens (including phenoxy) is 3. The van der Waals surface area contributed by atoms with E-state index in [2.05, 4.69) is 15.9 Å². The van der Waals surface area contributed by atoms with Gasteiger partial charge in [0.25, 0.3) is 5.91 Å². The predicted molar refractivity (Wildman–Crippen MR) is 147 cm³/mol. The molecule has 2 aromatic carbocycles. The molecule has 1 atom stereocenters. The Morgan fingerprint density at radius 2 is 1.91 bits per heavy atom. The van der Waals surface area contributed by atoms with Gasteiger partial charge in [-0.3, -0.25) is 9.69 Å². The third kappa shape index (κ3) is 6.65. The van der Waals surface area contributed by atoms with E-state index in [-0.39, 0.29) is 18.6 Å². The molecule has 0 radical (unpaired) electrons. The number of nitrogens with zero attached hydrogens (tertiary/aromatic N) is 1. The summed E-state index contributed by atoms with van der Waals surface area (Å²) in [6.07, 6.45) is 2.39. The van der Waals surface area contributed by atoms with Gasteiger partial charge in [0.2, 0.25) is 0 Å². The molecular formula is C26H28BrNO5S2. The number of hydrogen-bond donors (Lipinski definition) is 0. The highest BCUT2D eigenvalue weighted by atomic mass is 79.9. The first-order valence-electron chi connectivity index (χ1n) is 11.4. The zero-order valence-electron chi connectivity index (χ0n) is 20.1. The van der Waals surface area contributed by atoms with Crippen LogP contribution in [-0.2, 0) is 14.3 Å². The molecule has 3 rings (SSSR count). The van der Waals surface area contributed by atoms with Gasteiger partial charge in [0.1, 0.15) is 4.32 Å². The largest absolute Gasteiger partial charge is 0.490 e. The number of rotatable bonds is 10. The van der Waals surface area contributed by atoms with E-state index in [4.69, 9.17) is 26.4 Å². The highest BCUT2D eigenvalue weighted by molar-refractivity contribution is 9.10. The summed E-state index contributed by atoms with van der Waals surface area (Å²) in [5.41, 5.74) is 1.38. The lowest BCUT2D eigenvalue weighted by molar-refractivity contribution is -0.151. The van der Waals surface area contributed by atoms with Crippen molar-refractivity contribution in [2.24, 2.45) is 0 Å². The molecule has 0 spiro atoms. The lowest BCUT2D eigenvalue weighted by atomic mass is 10.1. The fourth-order valence-electron chi connectivity index (χ4n) is 3.45. The van der Waals surface area contributed by atoms with Crippen LogP contribution < -0.4 is 9.47 Å². The van der Waals surface area contributed by atoms with Crippen LogP contribution in [0.2, 0.25) is 0 Å². The molecule has 1 aliphatic rings. The molecule has 0 N–H and O–H groups in total. The molecule has 1 amide bonds. The Labute approximate surface area is 224 Å². The zero-order valence-corrected chi connectivity index (χ0v) is 23.3. The van der Waals surface area contributed by atoms with Gasteiger partial charge in [0.15, 0.2) is 17.5 Å². The first kappa shape index (κ1) is 27.2. The van der Waals surface area contributed by atoms with Crippen LogP contribution in [0.4, 0.5) is 0 Å². The fourth-order valence-corrected chi connectivity index (χ4v) is 5.31. The minimum absolute atomic E-state index is 0.0324. The highest BCUT2D eigenvalue weighted by Crippen LogP contribution is 2.41. The average molecular weight is 579 g/mol. The summed E-state index contributed by atoms with van der Waals surface area (Å²) in [4.78, 5) is 28.2. The fraction of sp³-hybridized carbons (Fsp3) is 0.346. The summed E-state index contributed by atoms with van der Waals surface area (Å²) >= 11 is 10.3. The van der Waals surface area contributed by atoms with Crippen molar-refractivity contribution in [3.63, 3.8) is 0 Å². The van der Waals surface area contributed by atoms with E-state index in [1.807, 2.05) is 58.0 Å². The summed E-state index contributed by atoms with van der Waals surface area (Å²) in [5, 5.41) is 0. The number of amides is 1. The van der Waals surface area contributed by atoms with Crippen LogP contribution in [0.1, 0.15) is 51.3 Å². The van der Waals surface area contributed by atoms with Crippen LogP contribution in [-0.4, -0.2) is 40.4 Å².